The minimum Gasteiger partial charge on any atom is -0.467 e. The number of nitrogens with zero attached hydrogens (tertiary/aromatic N) is 1. The van der Waals surface area contributed by atoms with E-state index in [1.165, 1.54) is 0 Å². The largest absolute Gasteiger partial charge is 0.467 e. The second kappa shape index (κ2) is 2.96. The van der Waals surface area contributed by atoms with Crippen molar-refractivity contribution in [2.45, 2.75) is 6.61 Å². The van der Waals surface area contributed by atoms with Gasteiger partial charge in [-0.1, -0.05) is 0 Å². The van der Waals surface area contributed by atoms with Gasteiger partial charge in [-0.05, 0) is 23.6 Å². The van der Waals surface area contributed by atoms with Crippen LogP contribution in [-0.2, 0) is 11.3 Å². The molecule has 3 rings (SSSR count). The number of pyridine rings is 1. The van der Waals surface area contributed by atoms with Crippen LogP contribution in [0.1, 0.15) is 5.56 Å². The van der Waals surface area contributed by atoms with Gasteiger partial charge < -0.3 is 9.47 Å². The molecule has 3 heteroatoms. The van der Waals surface area contributed by atoms with E-state index in [1.54, 1.807) is 6.20 Å². The highest BCUT2D eigenvalue weighted by Gasteiger charge is 2.10. The number of benzene rings is 1. The van der Waals surface area contributed by atoms with Gasteiger partial charge in [-0.25, -0.2) is 0 Å². The standard InChI is InChI=1S/C11H9NO2/c1-2-12-5-9-3-10-6-13-7-14-11(10)4-8(1)9/h1-5H,6-7H2. The Labute approximate surface area is 81.3 Å². The Kier molecular flexibility index (Phi) is 1.64. The van der Waals surface area contributed by atoms with Crippen molar-refractivity contribution in [1.29, 1.82) is 0 Å². The van der Waals surface area contributed by atoms with Crippen LogP contribution in [-0.4, -0.2) is 11.8 Å². The Balaban J connectivity index is 2.27. The lowest BCUT2D eigenvalue weighted by molar-refractivity contribution is -0.0161. The SMILES string of the molecule is c1cc2cc3c(cc2cn1)COCO3. The van der Waals surface area contributed by atoms with E-state index in [4.69, 9.17) is 9.47 Å². The van der Waals surface area contributed by atoms with Crippen molar-refractivity contribution < 1.29 is 9.47 Å². The Bertz CT molecular complexity index is 437. The second-order valence-electron chi connectivity index (χ2n) is 3.29. The maximum absolute atomic E-state index is 5.39. The molecular weight excluding hydrogens is 178 g/mol. The molecule has 0 saturated carbocycles. The molecule has 0 fully saturated rings. The number of hydrogen-bond donors (Lipinski definition) is 0. The number of ether oxygens (including phenoxy) is 2. The number of aromatic nitrogens is 1. The van der Waals surface area contributed by atoms with Crippen molar-refractivity contribution in [1.82, 2.24) is 4.98 Å². The molecule has 2 aromatic rings. The van der Waals surface area contributed by atoms with Gasteiger partial charge in [0.2, 0.25) is 0 Å². The molecule has 3 nitrogen and oxygen atoms in total. The summed E-state index contributed by atoms with van der Waals surface area (Å²) < 4.78 is 10.6. The van der Waals surface area contributed by atoms with Gasteiger partial charge in [0.05, 0.1) is 6.61 Å². The zero-order valence-corrected chi connectivity index (χ0v) is 7.56. The quantitative estimate of drug-likeness (QED) is 0.633. The molecule has 0 amide bonds. The fourth-order valence-electron chi connectivity index (χ4n) is 1.67. The minimum atomic E-state index is 0.351. The van der Waals surface area contributed by atoms with E-state index in [0.29, 0.717) is 13.4 Å². The van der Waals surface area contributed by atoms with E-state index < -0.39 is 0 Å². The third kappa shape index (κ3) is 1.14. The van der Waals surface area contributed by atoms with Gasteiger partial charge in [-0.15, -0.1) is 0 Å². The molecule has 1 aromatic heterocycles. The highest BCUT2D eigenvalue weighted by Crippen LogP contribution is 2.28. The third-order valence-electron chi connectivity index (χ3n) is 2.38. The average molecular weight is 187 g/mol. The van der Waals surface area contributed by atoms with Crippen molar-refractivity contribution in [3.8, 4) is 5.75 Å². The van der Waals surface area contributed by atoms with Gasteiger partial charge in [-0.2, -0.15) is 0 Å². The van der Waals surface area contributed by atoms with E-state index in [0.717, 1.165) is 22.1 Å². The van der Waals surface area contributed by atoms with Crippen LogP contribution in [0.3, 0.4) is 0 Å². The topological polar surface area (TPSA) is 31.4 Å². The molecule has 1 aromatic carbocycles. The smallest absolute Gasteiger partial charge is 0.189 e. The van der Waals surface area contributed by atoms with Crippen molar-refractivity contribution in [3.05, 3.63) is 36.2 Å². The van der Waals surface area contributed by atoms with Crippen LogP contribution >= 0.6 is 0 Å². The highest BCUT2D eigenvalue weighted by atomic mass is 16.7. The fraction of sp³-hybridized carbons (Fsp3) is 0.182. The Morgan fingerprint density at radius 2 is 2.21 bits per heavy atom. The molecule has 1 aliphatic heterocycles. The molecule has 0 radical (unpaired) electrons. The summed E-state index contributed by atoms with van der Waals surface area (Å²) in [5, 5.41) is 2.28. The molecule has 1 aliphatic rings. The summed E-state index contributed by atoms with van der Waals surface area (Å²) in [7, 11) is 0. The lowest BCUT2D eigenvalue weighted by Crippen LogP contribution is -2.10. The van der Waals surface area contributed by atoms with Crippen molar-refractivity contribution >= 4 is 10.8 Å². The van der Waals surface area contributed by atoms with Gasteiger partial charge in [0.15, 0.2) is 6.79 Å². The van der Waals surface area contributed by atoms with Crippen LogP contribution in [0.15, 0.2) is 30.6 Å². The maximum Gasteiger partial charge on any atom is 0.189 e. The van der Waals surface area contributed by atoms with Crippen LogP contribution in [0.5, 0.6) is 5.75 Å². The summed E-state index contributed by atoms with van der Waals surface area (Å²) in [6, 6.07) is 6.08. The van der Waals surface area contributed by atoms with Crippen LogP contribution in [0, 0.1) is 0 Å². The van der Waals surface area contributed by atoms with Crippen molar-refractivity contribution in [3.63, 3.8) is 0 Å². The number of fused-ring (bicyclic) bond motifs is 2. The summed E-state index contributed by atoms with van der Waals surface area (Å²) >= 11 is 0. The van der Waals surface area contributed by atoms with Crippen molar-refractivity contribution in [2.75, 3.05) is 6.79 Å². The van der Waals surface area contributed by atoms with E-state index >= 15 is 0 Å². The first-order valence-electron chi connectivity index (χ1n) is 4.51. The van der Waals surface area contributed by atoms with Gasteiger partial charge >= 0.3 is 0 Å². The molecule has 0 spiro atoms. The summed E-state index contributed by atoms with van der Waals surface area (Å²) in [4.78, 5) is 4.08. The molecule has 2 heterocycles. The average Bonchev–Trinajstić information content (AvgIpc) is 2.26. The van der Waals surface area contributed by atoms with Gasteiger partial charge in [0, 0.05) is 23.3 Å². The molecule has 0 N–H and O–H groups in total. The molecule has 0 bridgehead atoms. The molecule has 0 aliphatic carbocycles. The summed E-state index contributed by atoms with van der Waals surface area (Å²) in [5.74, 6) is 0.926. The lowest BCUT2D eigenvalue weighted by atomic mass is 10.1. The number of rotatable bonds is 0. The fourth-order valence-corrected chi connectivity index (χ4v) is 1.67. The predicted molar refractivity (Wildman–Crippen MR) is 52.0 cm³/mol. The third-order valence-corrected chi connectivity index (χ3v) is 2.38. The van der Waals surface area contributed by atoms with Gasteiger partial charge in [0.1, 0.15) is 5.75 Å². The van der Waals surface area contributed by atoms with Crippen LogP contribution in [0.2, 0.25) is 0 Å². The lowest BCUT2D eigenvalue weighted by Gasteiger charge is -2.17. The predicted octanol–water partition coefficient (Wildman–Crippen LogP) is 2.10. The minimum absolute atomic E-state index is 0.351. The summed E-state index contributed by atoms with van der Waals surface area (Å²) in [6.45, 7) is 0.976. The van der Waals surface area contributed by atoms with Crippen LogP contribution in [0.4, 0.5) is 0 Å². The molecule has 0 atom stereocenters. The van der Waals surface area contributed by atoms with Crippen LogP contribution in [0.25, 0.3) is 10.8 Å². The Morgan fingerprint density at radius 3 is 3.21 bits per heavy atom. The summed E-state index contributed by atoms with van der Waals surface area (Å²) in [6.07, 6.45) is 3.64. The summed E-state index contributed by atoms with van der Waals surface area (Å²) in [5.41, 5.74) is 1.09. The zero-order valence-electron chi connectivity index (χ0n) is 7.56. The monoisotopic (exact) mass is 187 g/mol. The van der Waals surface area contributed by atoms with Crippen LogP contribution < -0.4 is 4.74 Å². The second-order valence-corrected chi connectivity index (χ2v) is 3.29. The van der Waals surface area contributed by atoms with Gasteiger partial charge in [0.25, 0.3) is 0 Å². The first kappa shape index (κ1) is 7.76. The first-order valence-corrected chi connectivity index (χ1v) is 4.51. The van der Waals surface area contributed by atoms with Gasteiger partial charge in [-0.3, -0.25) is 4.98 Å². The maximum atomic E-state index is 5.39. The Hall–Kier alpha value is -1.61. The van der Waals surface area contributed by atoms with Crippen molar-refractivity contribution in [2.24, 2.45) is 0 Å². The van der Waals surface area contributed by atoms with E-state index in [1.807, 2.05) is 18.3 Å². The molecule has 14 heavy (non-hydrogen) atoms. The number of hydrogen-bond acceptors (Lipinski definition) is 3. The zero-order chi connectivity index (χ0) is 9.38. The van der Waals surface area contributed by atoms with E-state index in [-0.39, 0.29) is 0 Å². The molecule has 70 valence electrons. The molecular formula is C11H9NO2. The Morgan fingerprint density at radius 1 is 1.21 bits per heavy atom. The molecule has 0 saturated heterocycles. The highest BCUT2D eigenvalue weighted by molar-refractivity contribution is 5.84. The first-order chi connectivity index (χ1) is 6.93. The molecule has 0 unspecified atom stereocenters. The normalized spacial score (nSPS) is 14.9. The van der Waals surface area contributed by atoms with E-state index in [2.05, 4.69) is 11.1 Å². The van der Waals surface area contributed by atoms with E-state index in [9.17, 15) is 0 Å².